The molecule has 4 nitrogen and oxygen atoms in total. The minimum atomic E-state index is -0.337. The number of aliphatic hydroxyl groups is 1. The van der Waals surface area contributed by atoms with E-state index in [4.69, 9.17) is 4.98 Å². The maximum atomic E-state index is 12.2. The van der Waals surface area contributed by atoms with Crippen molar-refractivity contribution in [3.8, 4) is 21.7 Å². The third-order valence-corrected chi connectivity index (χ3v) is 12.6. The molecule has 50 heavy (non-hydrogen) atoms. The van der Waals surface area contributed by atoms with E-state index in [1.807, 2.05) is 41.5 Å². The molecule has 1 N–H and O–H groups in total. The standard InChI is InChI=1S/C28H21N2S2.C15H28O2.Ir/c1-28(2,3)22-14-19(13-18-7-4-5-9-20(18)22)25-27-23(29-16-30-25)15-24(32-27)21-10-6-8-17-11-12-31-26(17)21;1-7-14(5,8-2)12(16)11-13(17)15(6,9-3)10-4;/h4-12,14-16H,1-3H3;11,16H,7-10H2,1-6H3;/q-1;;/b;12-11-;. The summed E-state index contributed by atoms with van der Waals surface area (Å²) < 4.78 is 2.43. The molecule has 0 atom stereocenters. The summed E-state index contributed by atoms with van der Waals surface area (Å²) in [5, 5.41) is 16.0. The van der Waals surface area contributed by atoms with Crippen LogP contribution < -0.4 is 0 Å². The minimum Gasteiger partial charge on any atom is -0.512 e. The number of aliphatic hydroxyl groups excluding tert-OH is 1. The molecule has 0 amide bonds. The van der Waals surface area contributed by atoms with Crippen LogP contribution in [-0.2, 0) is 30.3 Å². The van der Waals surface area contributed by atoms with E-state index in [2.05, 4.69) is 97.9 Å². The fourth-order valence-corrected chi connectivity index (χ4v) is 8.17. The second-order valence-corrected chi connectivity index (χ2v) is 16.5. The van der Waals surface area contributed by atoms with Crippen molar-refractivity contribution in [3.63, 3.8) is 0 Å². The number of nitrogens with zero attached hydrogens (tertiary/aromatic N) is 2. The van der Waals surface area contributed by atoms with Gasteiger partial charge in [0.25, 0.3) is 0 Å². The molecular formula is C43H49IrN2O2S2-. The maximum Gasteiger partial charge on any atom is 0.164 e. The van der Waals surface area contributed by atoms with Crippen LogP contribution in [0.4, 0.5) is 0 Å². The number of benzene rings is 3. The fourth-order valence-electron chi connectivity index (χ4n) is 6.03. The molecule has 0 saturated carbocycles. The summed E-state index contributed by atoms with van der Waals surface area (Å²) in [5.41, 5.74) is 4.98. The quantitative estimate of drug-likeness (QED) is 0.0893. The van der Waals surface area contributed by atoms with Crippen LogP contribution in [0.2, 0.25) is 0 Å². The Balaban J connectivity index is 0.000000269. The molecule has 0 spiro atoms. The first kappa shape index (κ1) is 39.6. The number of rotatable bonds is 9. The summed E-state index contributed by atoms with van der Waals surface area (Å²) in [6.45, 7) is 18.9. The summed E-state index contributed by atoms with van der Waals surface area (Å²) >= 11 is 3.56. The van der Waals surface area contributed by atoms with Gasteiger partial charge in [-0.15, -0.1) is 51.8 Å². The van der Waals surface area contributed by atoms with Crippen LogP contribution in [0.25, 0.3) is 52.8 Å². The SMILES string of the molecule is CC(C)(C)c1cc(-c2ncnc3cc(-c4cccc5ccsc45)sc23)[c-]c2ccccc12.CCC(C)(CC)C(=O)/C=C(\O)C(C)(CC)CC.[Ir]. The molecule has 265 valence electrons. The number of ketones is 1. The van der Waals surface area contributed by atoms with Gasteiger partial charge in [-0.25, -0.2) is 4.98 Å². The fraction of sp³-hybridized carbons (Fsp3) is 0.372. The maximum absolute atomic E-state index is 12.2. The smallest absolute Gasteiger partial charge is 0.164 e. The van der Waals surface area contributed by atoms with Gasteiger partial charge < -0.3 is 5.11 Å². The van der Waals surface area contributed by atoms with Crippen LogP contribution in [-0.4, -0.2) is 20.9 Å². The van der Waals surface area contributed by atoms with Gasteiger partial charge in [0.15, 0.2) is 5.78 Å². The number of aromatic nitrogens is 2. The van der Waals surface area contributed by atoms with Gasteiger partial charge in [0.1, 0.15) is 12.1 Å². The molecular weight excluding hydrogens is 833 g/mol. The first-order chi connectivity index (χ1) is 23.3. The van der Waals surface area contributed by atoms with Gasteiger partial charge in [0, 0.05) is 62.5 Å². The van der Waals surface area contributed by atoms with E-state index in [1.54, 1.807) is 29.0 Å². The number of hydrogen-bond donors (Lipinski definition) is 1. The van der Waals surface area contributed by atoms with Gasteiger partial charge in [-0.2, -0.15) is 0 Å². The van der Waals surface area contributed by atoms with Crippen LogP contribution in [0.1, 0.15) is 93.6 Å². The van der Waals surface area contributed by atoms with E-state index in [0.29, 0.717) is 0 Å². The van der Waals surface area contributed by atoms with Crippen molar-refractivity contribution in [2.24, 2.45) is 10.8 Å². The summed E-state index contributed by atoms with van der Waals surface area (Å²) in [6, 6.07) is 25.3. The molecule has 3 heterocycles. The monoisotopic (exact) mass is 882 g/mol. The van der Waals surface area contributed by atoms with E-state index in [9.17, 15) is 9.90 Å². The Kier molecular flexibility index (Phi) is 12.6. The summed E-state index contributed by atoms with van der Waals surface area (Å²) in [6.07, 6.45) is 6.43. The Hall–Kier alpha value is -3.22. The van der Waals surface area contributed by atoms with Gasteiger partial charge in [-0.05, 0) is 54.0 Å². The summed E-state index contributed by atoms with van der Waals surface area (Å²) in [5.74, 6) is 0.286. The van der Waals surface area contributed by atoms with E-state index < -0.39 is 0 Å². The molecule has 3 aromatic heterocycles. The molecule has 0 aliphatic rings. The average molecular weight is 882 g/mol. The minimum absolute atomic E-state index is 0. The van der Waals surface area contributed by atoms with Crippen LogP contribution >= 0.6 is 22.7 Å². The molecule has 3 aromatic carbocycles. The van der Waals surface area contributed by atoms with Gasteiger partial charge in [0.2, 0.25) is 0 Å². The van der Waals surface area contributed by atoms with Crippen molar-refractivity contribution in [2.45, 2.75) is 93.4 Å². The normalized spacial score (nSPS) is 12.5. The molecule has 0 saturated heterocycles. The number of hydrogen-bond acceptors (Lipinski definition) is 6. The van der Waals surface area contributed by atoms with Crippen LogP contribution in [0.5, 0.6) is 0 Å². The Bertz CT molecular complexity index is 2130. The average Bonchev–Trinajstić information content (AvgIpc) is 3.78. The third kappa shape index (κ3) is 7.97. The molecule has 6 aromatic rings. The second kappa shape index (κ2) is 16.0. The topological polar surface area (TPSA) is 63.1 Å². The number of carbonyl (C=O) groups excluding carboxylic acids is 1. The van der Waals surface area contributed by atoms with E-state index >= 15 is 0 Å². The predicted molar refractivity (Wildman–Crippen MR) is 212 cm³/mol. The molecule has 0 fully saturated rings. The molecule has 0 aliphatic heterocycles. The largest absolute Gasteiger partial charge is 0.512 e. The van der Waals surface area contributed by atoms with Crippen molar-refractivity contribution >= 4 is 59.5 Å². The van der Waals surface area contributed by atoms with Crippen molar-refractivity contribution in [3.05, 3.63) is 95.8 Å². The molecule has 1 radical (unpaired) electrons. The van der Waals surface area contributed by atoms with Crippen molar-refractivity contribution in [1.82, 2.24) is 9.97 Å². The Labute approximate surface area is 319 Å². The van der Waals surface area contributed by atoms with Gasteiger partial charge >= 0.3 is 0 Å². The van der Waals surface area contributed by atoms with Crippen molar-refractivity contribution in [2.75, 3.05) is 0 Å². The number of allylic oxidation sites excluding steroid dienone is 2. The molecule has 7 heteroatoms. The zero-order valence-electron chi connectivity index (χ0n) is 30.7. The van der Waals surface area contributed by atoms with Gasteiger partial charge in [-0.1, -0.05) is 110 Å². The van der Waals surface area contributed by atoms with Crippen LogP contribution in [0.15, 0.2) is 84.2 Å². The zero-order chi connectivity index (χ0) is 35.6. The Morgan fingerprint density at radius 2 is 1.52 bits per heavy atom. The van der Waals surface area contributed by atoms with Crippen molar-refractivity contribution in [1.29, 1.82) is 0 Å². The first-order valence-corrected chi connectivity index (χ1v) is 19.1. The molecule has 6 rings (SSSR count). The van der Waals surface area contributed by atoms with E-state index in [0.717, 1.165) is 52.5 Å². The van der Waals surface area contributed by atoms with Gasteiger partial charge in [0.05, 0.1) is 5.52 Å². The number of fused-ring (bicyclic) bond motifs is 3. The summed E-state index contributed by atoms with van der Waals surface area (Å²) in [4.78, 5) is 22.7. The predicted octanol–water partition coefficient (Wildman–Crippen LogP) is 13.1. The van der Waals surface area contributed by atoms with E-state index in [1.165, 1.54) is 37.6 Å². The first-order valence-electron chi connectivity index (χ1n) is 17.4. The van der Waals surface area contributed by atoms with Crippen molar-refractivity contribution < 1.29 is 30.0 Å². The zero-order valence-corrected chi connectivity index (χ0v) is 34.8. The number of carbonyl (C=O) groups is 1. The van der Waals surface area contributed by atoms with Crippen LogP contribution in [0.3, 0.4) is 0 Å². The molecule has 0 aliphatic carbocycles. The second-order valence-electron chi connectivity index (χ2n) is 14.5. The molecule has 0 bridgehead atoms. The Morgan fingerprint density at radius 1 is 0.840 bits per heavy atom. The Morgan fingerprint density at radius 3 is 2.18 bits per heavy atom. The third-order valence-electron chi connectivity index (χ3n) is 10.5. The van der Waals surface area contributed by atoms with Gasteiger partial charge in [-0.3, -0.25) is 9.78 Å². The van der Waals surface area contributed by atoms with E-state index in [-0.39, 0.29) is 47.9 Å². The molecule has 0 unspecified atom stereocenters. The number of thiophene rings is 2. The summed E-state index contributed by atoms with van der Waals surface area (Å²) in [7, 11) is 0. The van der Waals surface area contributed by atoms with Crippen LogP contribution in [0, 0.1) is 16.9 Å².